The van der Waals surface area contributed by atoms with Crippen LogP contribution in [0.5, 0.6) is 0 Å². The van der Waals surface area contributed by atoms with Crippen molar-refractivity contribution in [2.24, 2.45) is 65.0 Å². The molecule has 0 radical (unpaired) electrons. The van der Waals surface area contributed by atoms with E-state index in [1.807, 2.05) is 0 Å². The smallest absolute Gasteiger partial charge is 0.327 e. The molecule has 44 nitrogen and oxygen atoms in total. The summed E-state index contributed by atoms with van der Waals surface area (Å²) in [6.45, 7) is -15.1. The Bertz CT molecular complexity index is 1390. The van der Waals surface area contributed by atoms with E-state index >= 15 is 0 Å². The molecule has 0 spiro atoms. The average molecular weight is 1600 g/mol. The second-order valence-corrected chi connectivity index (χ2v) is 27.2. The zero-order chi connectivity index (χ0) is 84.5. The molecule has 0 saturated heterocycles. The quantitative estimate of drug-likeness (QED) is 0.0251. The predicted molar refractivity (Wildman–Crippen MR) is 367 cm³/mol. The molecule has 0 fully saturated rings. The Morgan fingerprint density at radius 3 is 0.243 bits per heavy atom. The maximum Gasteiger partial charge on any atom is 0.327 e. The molecule has 0 unspecified atom stereocenters. The van der Waals surface area contributed by atoms with Crippen LogP contribution in [-0.4, -0.2) is 512 Å². The Balaban J connectivity index is -0.000000221. The fourth-order valence-corrected chi connectivity index (χ4v) is 6.35. The molecule has 0 aromatic rings. The fourth-order valence-electron chi connectivity index (χ4n) is 6.35. The lowest BCUT2D eigenvalue weighted by atomic mass is 9.91. The fraction of sp³-hybridized carbons (Fsp3) is 0.952. The first kappa shape index (κ1) is 118. The molecule has 0 amide bonds. The second kappa shape index (κ2) is 66.9. The van der Waals surface area contributed by atoms with Gasteiger partial charge in [-0.25, -0.2) is 4.79 Å². The number of hydrogen-bond acceptors (Lipinski definition) is 43. The first-order valence-electron chi connectivity index (χ1n) is 32.9. The van der Waals surface area contributed by atoms with E-state index in [2.05, 4.69) is 6.58 Å². The Hall–Kier alpha value is -2.47. The number of rotatable bonds is 61. The summed E-state index contributed by atoms with van der Waals surface area (Å²) in [6, 6.07) is 0. The number of aliphatic hydroxyl groups excluding tert-OH is 36. The molecule has 37 N–H and O–H groups in total. The van der Waals surface area contributed by atoms with Gasteiger partial charge >= 0.3 is 5.97 Å². The van der Waals surface area contributed by atoms with Crippen molar-refractivity contribution in [1.82, 2.24) is 0 Å². The van der Waals surface area contributed by atoms with Crippen LogP contribution >= 0.6 is 0 Å². The van der Waals surface area contributed by atoms with E-state index in [9.17, 15) is 4.79 Å². The number of carbonyl (C=O) groups is 1. The normalized spacial score (nSPS) is 12.7. The van der Waals surface area contributed by atoms with Crippen LogP contribution in [0, 0.1) is 65.0 Å². The average Bonchev–Trinajstić information content (AvgIpc) is 0.890. The van der Waals surface area contributed by atoms with Crippen molar-refractivity contribution in [3.8, 4) is 0 Å². The number of aliphatic carboxylic acids is 1. The van der Waals surface area contributed by atoms with Crippen molar-refractivity contribution < 1.29 is 222 Å². The summed E-state index contributed by atoms with van der Waals surface area (Å²) in [5.74, 6) is -0.981. The van der Waals surface area contributed by atoms with Crippen molar-refractivity contribution in [3.63, 3.8) is 0 Å². The first-order valence-corrected chi connectivity index (χ1v) is 32.9. The van der Waals surface area contributed by atoms with Crippen molar-refractivity contribution in [1.29, 1.82) is 0 Å². The third-order valence-corrected chi connectivity index (χ3v) is 17.1. The molecule has 0 aromatic heterocycles. The van der Waals surface area contributed by atoms with Crippen molar-refractivity contribution in [2.45, 2.75) is 0 Å². The van der Waals surface area contributed by atoms with Crippen molar-refractivity contribution >= 4 is 5.97 Å². The Morgan fingerprint density at radius 2 is 0.215 bits per heavy atom. The van der Waals surface area contributed by atoms with Gasteiger partial charge in [-0.1, -0.05) is 6.58 Å². The van der Waals surface area contributed by atoms with Gasteiger partial charge in [0.2, 0.25) is 0 Å². The van der Waals surface area contributed by atoms with Gasteiger partial charge < -0.3 is 217 Å². The van der Waals surface area contributed by atoms with Crippen LogP contribution in [0.1, 0.15) is 0 Å². The number of carboxylic acids is 1. The van der Waals surface area contributed by atoms with Crippen LogP contribution in [0.2, 0.25) is 0 Å². The van der Waals surface area contributed by atoms with Gasteiger partial charge in [-0.15, -0.1) is 0 Å². The molecule has 0 rings (SSSR count). The number of hydrogen-bond donors (Lipinski definition) is 37. The Morgan fingerprint density at radius 1 is 0.168 bits per heavy atom. The van der Waals surface area contributed by atoms with Crippen molar-refractivity contribution in [3.05, 3.63) is 12.7 Å². The molecule has 0 aliphatic heterocycles. The minimum atomic E-state index is -1.16. The molecule has 0 aliphatic carbocycles. The highest BCUT2D eigenvalue weighted by atomic mass is 16.5. The van der Waals surface area contributed by atoms with Crippen LogP contribution in [0.25, 0.3) is 0 Å². The summed E-state index contributed by atoms with van der Waals surface area (Å²) in [5.41, 5.74) is -13.9. The van der Waals surface area contributed by atoms with E-state index in [1.165, 1.54) is 0 Å². The van der Waals surface area contributed by atoms with Gasteiger partial charge in [0, 0.05) is 6.08 Å². The minimum absolute atomic E-state index is 0.141. The molecule has 0 aliphatic rings. The summed E-state index contributed by atoms with van der Waals surface area (Å²) >= 11 is 0. The molecular formula is C63H136O44. The number of carboxylic acid groups (broad SMARTS) is 1. The zero-order valence-corrected chi connectivity index (χ0v) is 61.1. The monoisotopic (exact) mass is 1600 g/mol. The molecule has 107 heavy (non-hydrogen) atoms. The summed E-state index contributed by atoms with van der Waals surface area (Å²) in [5, 5.41) is 333. The Kier molecular flexibility index (Phi) is 73.7. The highest BCUT2D eigenvalue weighted by Crippen LogP contribution is 2.26. The van der Waals surface area contributed by atoms with Crippen LogP contribution in [-0.2, 0) is 33.2 Å². The SMILES string of the molecule is C=CC(=O)O.OCC(CO)(CO)COCC(CO)(CO)CO.OCC(CO)(CO)COCC(CO)(CO)CO.OCC(CO)(CO)COCC(CO)(CO)CO.OCC(CO)(CO)COCC(CO)(CO)CO.OCC(CO)(CO)COCC(CO)(CO)CO.OCC(CO)(CO)COCC(CO)(CO)CO. The highest BCUT2D eigenvalue weighted by molar-refractivity contribution is 5.78. The number of ether oxygens (including phenoxy) is 6. The van der Waals surface area contributed by atoms with E-state index in [-0.39, 0.29) is 79.3 Å². The second-order valence-electron chi connectivity index (χ2n) is 27.2. The summed E-state index contributed by atoms with van der Waals surface area (Å²) in [4.78, 5) is 9.25. The van der Waals surface area contributed by atoms with E-state index in [1.54, 1.807) is 0 Å². The van der Waals surface area contributed by atoms with Gasteiger partial charge in [-0.05, 0) is 0 Å². The molecule has 44 heteroatoms. The molecule has 0 atom stereocenters. The van der Waals surface area contributed by atoms with Crippen LogP contribution in [0.4, 0.5) is 0 Å². The molecule has 0 bridgehead atoms. The lowest BCUT2D eigenvalue weighted by Crippen LogP contribution is -2.43. The van der Waals surface area contributed by atoms with Gasteiger partial charge in [0.1, 0.15) is 0 Å². The standard InChI is InChI=1S/6C10H22O7.C3H4O2/c6*11-1-9(2-12,3-13)7-17-8-10(4-14,5-15)6-16;1-2-3(4)5/h6*11-16H,1-8H2;2H,1H2,(H,4,5). The summed E-state index contributed by atoms with van der Waals surface area (Å²) in [7, 11) is 0. The van der Waals surface area contributed by atoms with E-state index in [4.69, 9.17) is 217 Å². The zero-order valence-electron chi connectivity index (χ0n) is 61.1. The van der Waals surface area contributed by atoms with Crippen molar-refractivity contribution in [2.75, 3.05) is 317 Å². The first-order chi connectivity index (χ1) is 50.7. The van der Waals surface area contributed by atoms with Crippen LogP contribution in [0.15, 0.2) is 12.7 Å². The maximum atomic E-state index is 9.25. The van der Waals surface area contributed by atoms with Gasteiger partial charge in [-0.2, -0.15) is 0 Å². The van der Waals surface area contributed by atoms with Gasteiger partial charge in [-0.3, -0.25) is 0 Å². The molecule has 0 heterocycles. The van der Waals surface area contributed by atoms with Crippen LogP contribution in [0.3, 0.4) is 0 Å². The lowest BCUT2D eigenvalue weighted by Gasteiger charge is -2.31. The largest absolute Gasteiger partial charge is 0.478 e. The third-order valence-electron chi connectivity index (χ3n) is 17.1. The highest BCUT2D eigenvalue weighted by Gasteiger charge is 2.39. The van der Waals surface area contributed by atoms with Gasteiger partial charge in [0.25, 0.3) is 0 Å². The molecular weight excluding hydrogens is 1460 g/mol. The third kappa shape index (κ3) is 44.1. The van der Waals surface area contributed by atoms with Gasteiger partial charge in [0.15, 0.2) is 0 Å². The lowest BCUT2D eigenvalue weighted by molar-refractivity contribution is -0.131. The molecule has 0 aromatic carbocycles. The predicted octanol–water partition coefficient (Wildman–Crippen LogP) is -18.2. The number of aliphatic hydroxyl groups is 36. The van der Waals surface area contributed by atoms with Gasteiger partial charge in [0.05, 0.1) is 382 Å². The molecule has 0 saturated carbocycles. The summed E-state index contributed by atoms with van der Waals surface area (Å²) in [6.07, 6.45) is 0.833. The Labute approximate surface area is 621 Å². The summed E-state index contributed by atoms with van der Waals surface area (Å²) < 4.78 is 30.9. The molecule has 652 valence electrons. The van der Waals surface area contributed by atoms with Crippen LogP contribution < -0.4 is 0 Å². The maximum absolute atomic E-state index is 9.25. The van der Waals surface area contributed by atoms with E-state index in [0.717, 1.165) is 6.08 Å². The van der Waals surface area contributed by atoms with E-state index < -0.39 is 309 Å². The topological polar surface area (TPSA) is 821 Å². The minimum Gasteiger partial charge on any atom is -0.478 e. The van der Waals surface area contributed by atoms with E-state index in [0.29, 0.717) is 0 Å².